The number of para-hydroxylation sites is 1. The third-order valence-corrected chi connectivity index (χ3v) is 4.17. The van der Waals surface area contributed by atoms with Crippen LogP contribution in [-0.2, 0) is 19.7 Å². The minimum absolute atomic E-state index is 0. The summed E-state index contributed by atoms with van der Waals surface area (Å²) in [6.07, 6.45) is 1.67. The molecule has 3 aromatic rings. The summed E-state index contributed by atoms with van der Waals surface area (Å²) in [6, 6.07) is 17.3. The number of hydrogen-bond donors (Lipinski definition) is 1. The summed E-state index contributed by atoms with van der Waals surface area (Å²) < 4.78 is 16.8. The van der Waals surface area contributed by atoms with E-state index in [0.29, 0.717) is 30.5 Å². The summed E-state index contributed by atoms with van der Waals surface area (Å²) in [7, 11) is 1.64. The number of furan rings is 1. The van der Waals surface area contributed by atoms with Crippen molar-refractivity contribution in [3.8, 4) is 11.5 Å². The Morgan fingerprint density at radius 3 is 2.50 bits per heavy atom. The summed E-state index contributed by atoms with van der Waals surface area (Å²) in [4.78, 5) is 0. The van der Waals surface area contributed by atoms with E-state index in [-0.39, 0.29) is 12.4 Å². The number of benzene rings is 2. The fraction of sp³-hybridized carbons (Fsp3) is 0.200. The number of halogens is 2. The maximum absolute atomic E-state index is 6.21. The van der Waals surface area contributed by atoms with Crippen molar-refractivity contribution in [1.82, 2.24) is 5.32 Å². The molecule has 0 aliphatic heterocycles. The normalized spacial score (nSPS) is 10.2. The molecule has 0 spiro atoms. The fourth-order valence-electron chi connectivity index (χ4n) is 2.52. The standard InChI is InChI=1S/C20H20ClNO3.ClH/c1-23-19-10-4-7-15(12-22-13-17-8-5-11-24-17)20(19)25-14-16-6-2-3-9-18(16)21;/h2-11,22H,12-14H2,1H3;1H. The molecule has 138 valence electrons. The van der Waals surface area contributed by atoms with E-state index >= 15 is 0 Å². The molecular formula is C20H21Cl2NO3. The van der Waals surface area contributed by atoms with E-state index in [1.54, 1.807) is 13.4 Å². The Hall–Kier alpha value is -2.14. The molecule has 3 rings (SSSR count). The van der Waals surface area contributed by atoms with Gasteiger partial charge in [-0.3, -0.25) is 0 Å². The Labute approximate surface area is 164 Å². The lowest BCUT2D eigenvalue weighted by Gasteiger charge is -2.16. The first kappa shape index (κ1) is 20.2. The van der Waals surface area contributed by atoms with Gasteiger partial charge in [0, 0.05) is 22.7 Å². The first-order chi connectivity index (χ1) is 12.3. The van der Waals surface area contributed by atoms with Crippen LogP contribution in [0.5, 0.6) is 11.5 Å². The van der Waals surface area contributed by atoms with Gasteiger partial charge in [-0.25, -0.2) is 0 Å². The average molecular weight is 394 g/mol. The predicted molar refractivity (Wildman–Crippen MR) is 105 cm³/mol. The van der Waals surface area contributed by atoms with Crippen LogP contribution in [0.1, 0.15) is 16.9 Å². The highest BCUT2D eigenvalue weighted by Gasteiger charge is 2.12. The van der Waals surface area contributed by atoms with Gasteiger partial charge in [0.1, 0.15) is 12.4 Å². The second kappa shape index (κ2) is 10.1. The van der Waals surface area contributed by atoms with Gasteiger partial charge in [0.15, 0.2) is 11.5 Å². The van der Waals surface area contributed by atoms with E-state index in [2.05, 4.69) is 5.32 Å². The Kier molecular flexibility index (Phi) is 7.85. The second-order valence-electron chi connectivity index (χ2n) is 5.51. The van der Waals surface area contributed by atoms with Crippen molar-refractivity contribution in [2.45, 2.75) is 19.7 Å². The number of methoxy groups -OCH3 is 1. The van der Waals surface area contributed by atoms with E-state index in [9.17, 15) is 0 Å². The topological polar surface area (TPSA) is 43.6 Å². The Balaban J connectivity index is 0.00000243. The highest BCUT2D eigenvalue weighted by molar-refractivity contribution is 6.31. The zero-order chi connectivity index (χ0) is 17.5. The average Bonchev–Trinajstić information content (AvgIpc) is 3.15. The molecule has 0 aliphatic carbocycles. The molecule has 6 heteroatoms. The van der Waals surface area contributed by atoms with Crippen LogP contribution in [0.25, 0.3) is 0 Å². The SMILES string of the molecule is COc1cccc(CNCc2ccco2)c1OCc1ccccc1Cl.Cl. The zero-order valence-corrected chi connectivity index (χ0v) is 16.0. The number of ether oxygens (including phenoxy) is 2. The first-order valence-electron chi connectivity index (χ1n) is 8.03. The highest BCUT2D eigenvalue weighted by Crippen LogP contribution is 2.32. The molecule has 1 N–H and O–H groups in total. The molecule has 1 aromatic heterocycles. The molecule has 0 saturated carbocycles. The lowest BCUT2D eigenvalue weighted by molar-refractivity contribution is 0.280. The molecule has 0 saturated heterocycles. The van der Waals surface area contributed by atoms with Crippen molar-refractivity contribution < 1.29 is 13.9 Å². The maximum Gasteiger partial charge on any atom is 0.166 e. The van der Waals surface area contributed by atoms with E-state index in [0.717, 1.165) is 22.6 Å². The Morgan fingerprint density at radius 2 is 1.77 bits per heavy atom. The summed E-state index contributed by atoms with van der Waals surface area (Å²) in [5, 5.41) is 4.04. The van der Waals surface area contributed by atoms with Gasteiger partial charge in [0.25, 0.3) is 0 Å². The molecule has 26 heavy (non-hydrogen) atoms. The lowest BCUT2D eigenvalue weighted by atomic mass is 10.1. The molecule has 0 unspecified atom stereocenters. The van der Waals surface area contributed by atoms with Crippen LogP contribution in [0, 0.1) is 0 Å². The maximum atomic E-state index is 6.21. The lowest BCUT2D eigenvalue weighted by Crippen LogP contribution is -2.13. The summed E-state index contributed by atoms with van der Waals surface area (Å²) >= 11 is 6.21. The number of nitrogens with one attached hydrogen (secondary N) is 1. The van der Waals surface area contributed by atoms with Gasteiger partial charge >= 0.3 is 0 Å². The first-order valence-corrected chi connectivity index (χ1v) is 8.41. The minimum atomic E-state index is 0. The van der Waals surface area contributed by atoms with Crippen LogP contribution >= 0.6 is 24.0 Å². The van der Waals surface area contributed by atoms with Crippen molar-refractivity contribution in [3.05, 3.63) is 82.8 Å². The van der Waals surface area contributed by atoms with Crippen molar-refractivity contribution in [3.63, 3.8) is 0 Å². The second-order valence-corrected chi connectivity index (χ2v) is 5.92. The Morgan fingerprint density at radius 1 is 0.962 bits per heavy atom. The van der Waals surface area contributed by atoms with Gasteiger partial charge in [-0.2, -0.15) is 0 Å². The molecule has 0 atom stereocenters. The van der Waals surface area contributed by atoms with Crippen molar-refractivity contribution in [2.75, 3.05) is 7.11 Å². The molecule has 2 aromatic carbocycles. The quantitative estimate of drug-likeness (QED) is 0.568. The van der Waals surface area contributed by atoms with Gasteiger partial charge in [-0.15, -0.1) is 12.4 Å². The molecule has 1 heterocycles. The van der Waals surface area contributed by atoms with Gasteiger partial charge in [-0.1, -0.05) is 41.9 Å². The van der Waals surface area contributed by atoms with Crippen molar-refractivity contribution in [1.29, 1.82) is 0 Å². The van der Waals surface area contributed by atoms with Crippen LogP contribution in [0.4, 0.5) is 0 Å². The smallest absolute Gasteiger partial charge is 0.166 e. The molecule has 0 bridgehead atoms. The van der Waals surface area contributed by atoms with Gasteiger partial charge in [-0.05, 0) is 24.3 Å². The summed E-state index contributed by atoms with van der Waals surface area (Å²) in [5.41, 5.74) is 1.95. The third-order valence-electron chi connectivity index (χ3n) is 3.80. The summed E-state index contributed by atoms with van der Waals surface area (Å²) in [6.45, 7) is 1.66. The molecule has 0 fully saturated rings. The van der Waals surface area contributed by atoms with Crippen molar-refractivity contribution in [2.24, 2.45) is 0 Å². The number of hydrogen-bond acceptors (Lipinski definition) is 4. The Bertz CT molecular complexity index is 807. The van der Waals surface area contributed by atoms with Crippen LogP contribution in [0.2, 0.25) is 5.02 Å². The van der Waals surface area contributed by atoms with Gasteiger partial charge < -0.3 is 19.2 Å². The van der Waals surface area contributed by atoms with Crippen molar-refractivity contribution >= 4 is 24.0 Å². The number of rotatable bonds is 8. The van der Waals surface area contributed by atoms with E-state index in [4.69, 9.17) is 25.5 Å². The van der Waals surface area contributed by atoms with E-state index in [1.807, 2.05) is 54.6 Å². The highest BCUT2D eigenvalue weighted by atomic mass is 35.5. The molecule has 0 amide bonds. The third kappa shape index (κ3) is 5.18. The zero-order valence-electron chi connectivity index (χ0n) is 14.4. The molecule has 0 aliphatic rings. The van der Waals surface area contributed by atoms with E-state index < -0.39 is 0 Å². The monoisotopic (exact) mass is 393 g/mol. The van der Waals surface area contributed by atoms with Gasteiger partial charge in [0.05, 0.1) is 19.9 Å². The molecule has 0 radical (unpaired) electrons. The largest absolute Gasteiger partial charge is 0.493 e. The predicted octanol–water partition coefficient (Wildman–Crippen LogP) is 5.23. The van der Waals surface area contributed by atoms with Crippen LogP contribution in [0.3, 0.4) is 0 Å². The van der Waals surface area contributed by atoms with Crippen LogP contribution in [0.15, 0.2) is 65.3 Å². The molecular weight excluding hydrogens is 373 g/mol. The minimum Gasteiger partial charge on any atom is -0.493 e. The van der Waals surface area contributed by atoms with Crippen LogP contribution < -0.4 is 14.8 Å². The fourth-order valence-corrected chi connectivity index (χ4v) is 2.71. The van der Waals surface area contributed by atoms with Gasteiger partial charge in [0.2, 0.25) is 0 Å². The molecule has 4 nitrogen and oxygen atoms in total. The van der Waals surface area contributed by atoms with E-state index in [1.165, 1.54) is 0 Å². The summed E-state index contributed by atoms with van der Waals surface area (Å²) in [5.74, 6) is 2.31. The van der Waals surface area contributed by atoms with Crippen LogP contribution in [-0.4, -0.2) is 7.11 Å².